The second kappa shape index (κ2) is 10.6. The number of aromatic nitrogens is 3. The van der Waals surface area contributed by atoms with E-state index in [1.807, 2.05) is 16.8 Å². The number of anilines is 2. The number of likely N-dealkylation sites (tertiary alicyclic amines) is 1. The molecule has 2 aromatic heterocycles. The molecule has 3 aromatic rings. The van der Waals surface area contributed by atoms with Crippen LogP contribution in [0, 0.1) is 35.8 Å². The number of likely N-dealkylation sites (N-methyl/N-ethyl adjacent to an activating group) is 1. The number of hydrogen-bond acceptors (Lipinski definition) is 10. The van der Waals surface area contributed by atoms with Gasteiger partial charge in [-0.05, 0) is 45.5 Å². The number of nitrogens with one attached hydrogen (secondary N) is 1. The van der Waals surface area contributed by atoms with Crippen LogP contribution in [0.3, 0.4) is 0 Å². The standard InChI is InChI=1S/C28H29F5N8O2/c1-12-20(28(31,32)33)15(8-16(35)21(12)29)23-22(30)24-19-25(41-7-5-36-10-17(41)13(2)43-26(19)37-23)39-27(38-24)42-11-18-14(9-34)4-6-40(18)3/h8,13-14,17-18,36H,4-7,10-11,35H2,1-3H3/t13-,14?,17-,18-/m0/s1. The van der Waals surface area contributed by atoms with Crippen LogP contribution >= 0.6 is 0 Å². The molecule has 3 aliphatic rings. The largest absolute Gasteiger partial charge is 0.472 e. The van der Waals surface area contributed by atoms with E-state index in [1.54, 1.807) is 6.92 Å². The molecule has 0 bridgehead atoms. The van der Waals surface area contributed by atoms with Gasteiger partial charge in [-0.15, -0.1) is 0 Å². The van der Waals surface area contributed by atoms with Crippen LogP contribution in [0.5, 0.6) is 11.9 Å². The van der Waals surface area contributed by atoms with Gasteiger partial charge in [0.2, 0.25) is 5.88 Å². The summed E-state index contributed by atoms with van der Waals surface area (Å²) in [6.45, 7) is 5.00. The maximum absolute atomic E-state index is 16.5. The van der Waals surface area contributed by atoms with Crippen molar-refractivity contribution in [3.05, 3.63) is 28.8 Å². The summed E-state index contributed by atoms with van der Waals surface area (Å²) in [4.78, 5) is 17.1. The number of halogens is 5. The highest BCUT2D eigenvalue weighted by atomic mass is 19.4. The molecule has 15 heteroatoms. The molecular formula is C28H29F5N8O2. The van der Waals surface area contributed by atoms with Crippen LogP contribution in [0.4, 0.5) is 33.5 Å². The molecular weight excluding hydrogens is 575 g/mol. The van der Waals surface area contributed by atoms with Gasteiger partial charge in [0.25, 0.3) is 0 Å². The fraction of sp³-hybridized carbons (Fsp3) is 0.500. The van der Waals surface area contributed by atoms with Gasteiger partial charge in [-0.1, -0.05) is 0 Å². The minimum absolute atomic E-state index is 0.0376. The summed E-state index contributed by atoms with van der Waals surface area (Å²) in [5.74, 6) is -2.63. The first kappa shape index (κ1) is 29.1. The third-order valence-corrected chi connectivity index (χ3v) is 8.55. The lowest BCUT2D eigenvalue weighted by Crippen LogP contribution is -2.56. The lowest BCUT2D eigenvalue weighted by molar-refractivity contribution is -0.137. The number of nitrogen functional groups attached to an aromatic ring is 1. The molecule has 5 heterocycles. The molecule has 2 saturated heterocycles. The van der Waals surface area contributed by atoms with Gasteiger partial charge in [-0.2, -0.15) is 28.4 Å². The highest BCUT2D eigenvalue weighted by molar-refractivity contribution is 5.97. The first-order chi connectivity index (χ1) is 20.4. The van der Waals surface area contributed by atoms with Crippen molar-refractivity contribution >= 4 is 22.4 Å². The lowest BCUT2D eigenvalue weighted by atomic mass is 9.96. The molecule has 1 unspecified atom stereocenters. The van der Waals surface area contributed by atoms with E-state index in [9.17, 15) is 22.8 Å². The average molecular weight is 605 g/mol. The number of alkyl halides is 3. The van der Waals surface area contributed by atoms with E-state index < -0.39 is 52.0 Å². The van der Waals surface area contributed by atoms with Crippen LogP contribution in [-0.2, 0) is 6.18 Å². The number of nitrogens with zero attached hydrogens (tertiary/aromatic N) is 6. The van der Waals surface area contributed by atoms with Crippen molar-refractivity contribution in [2.45, 2.75) is 44.6 Å². The normalized spacial score (nSPS) is 23.9. The Labute approximate surface area is 243 Å². The minimum Gasteiger partial charge on any atom is -0.472 e. The molecule has 10 nitrogen and oxygen atoms in total. The lowest BCUT2D eigenvalue weighted by Gasteiger charge is -2.38. The number of piperazine rings is 1. The Morgan fingerprint density at radius 2 is 1.98 bits per heavy atom. The molecule has 2 fully saturated rings. The summed E-state index contributed by atoms with van der Waals surface area (Å²) < 4.78 is 86.0. The molecule has 1 aromatic carbocycles. The second-order valence-corrected chi connectivity index (χ2v) is 11.1. The molecule has 0 saturated carbocycles. The highest BCUT2D eigenvalue weighted by Gasteiger charge is 2.41. The predicted molar refractivity (Wildman–Crippen MR) is 147 cm³/mol. The summed E-state index contributed by atoms with van der Waals surface area (Å²) in [5, 5.41) is 12.9. The van der Waals surface area contributed by atoms with Gasteiger partial charge < -0.3 is 25.4 Å². The number of pyridine rings is 1. The maximum atomic E-state index is 16.5. The maximum Gasteiger partial charge on any atom is 0.417 e. The predicted octanol–water partition coefficient (Wildman–Crippen LogP) is 3.66. The van der Waals surface area contributed by atoms with Crippen molar-refractivity contribution in [3.63, 3.8) is 0 Å². The van der Waals surface area contributed by atoms with Crippen molar-refractivity contribution in [2.75, 3.05) is 50.5 Å². The van der Waals surface area contributed by atoms with E-state index in [0.29, 0.717) is 32.6 Å². The van der Waals surface area contributed by atoms with Crippen LogP contribution < -0.4 is 25.4 Å². The molecule has 228 valence electrons. The van der Waals surface area contributed by atoms with Crippen LogP contribution in [0.25, 0.3) is 22.2 Å². The third-order valence-electron chi connectivity index (χ3n) is 8.55. The van der Waals surface area contributed by atoms with Crippen molar-refractivity contribution in [2.24, 2.45) is 5.92 Å². The van der Waals surface area contributed by atoms with Gasteiger partial charge in [0, 0.05) is 25.2 Å². The number of ether oxygens (including phenoxy) is 2. The van der Waals surface area contributed by atoms with E-state index in [2.05, 4.69) is 26.3 Å². The fourth-order valence-electron chi connectivity index (χ4n) is 6.24. The van der Waals surface area contributed by atoms with Gasteiger partial charge in [-0.3, -0.25) is 4.90 Å². The molecule has 6 rings (SSSR count). The summed E-state index contributed by atoms with van der Waals surface area (Å²) >= 11 is 0. The Kier molecular flexibility index (Phi) is 7.16. The highest BCUT2D eigenvalue weighted by Crippen LogP contribution is 2.46. The summed E-state index contributed by atoms with van der Waals surface area (Å²) in [6.07, 6.45) is -4.93. The van der Waals surface area contributed by atoms with Crippen LogP contribution in [0.2, 0.25) is 0 Å². The summed E-state index contributed by atoms with van der Waals surface area (Å²) in [7, 11) is 1.86. The molecule has 0 radical (unpaired) electrons. The third kappa shape index (κ3) is 4.82. The van der Waals surface area contributed by atoms with Crippen molar-refractivity contribution in [1.29, 1.82) is 5.26 Å². The average Bonchev–Trinajstić information content (AvgIpc) is 3.28. The first-order valence-corrected chi connectivity index (χ1v) is 13.8. The summed E-state index contributed by atoms with van der Waals surface area (Å²) in [5.41, 5.74) is 1.08. The van der Waals surface area contributed by atoms with Gasteiger partial charge in [-0.25, -0.2) is 13.8 Å². The topological polar surface area (TPSA) is 125 Å². The number of nitrogens with two attached hydrogens (primary N) is 1. The Morgan fingerprint density at radius 3 is 2.70 bits per heavy atom. The molecule has 43 heavy (non-hydrogen) atoms. The van der Waals surface area contributed by atoms with Crippen LogP contribution in [-0.4, -0.2) is 77.9 Å². The molecule has 0 amide bonds. The molecule has 4 atom stereocenters. The van der Waals surface area contributed by atoms with Crippen molar-refractivity contribution in [1.82, 2.24) is 25.2 Å². The molecule has 3 N–H and O–H groups in total. The first-order valence-electron chi connectivity index (χ1n) is 13.8. The van der Waals surface area contributed by atoms with E-state index in [4.69, 9.17) is 15.2 Å². The van der Waals surface area contributed by atoms with Gasteiger partial charge in [0.05, 0.1) is 35.3 Å². The quantitative estimate of drug-likeness (QED) is 0.337. The number of nitriles is 1. The Bertz CT molecular complexity index is 1640. The molecule has 0 spiro atoms. The number of benzene rings is 1. The zero-order chi connectivity index (χ0) is 30.8. The van der Waals surface area contributed by atoms with E-state index >= 15 is 4.39 Å². The Morgan fingerprint density at radius 1 is 1.21 bits per heavy atom. The number of fused-ring (bicyclic) bond motifs is 2. The zero-order valence-electron chi connectivity index (χ0n) is 23.6. The van der Waals surface area contributed by atoms with E-state index in [1.165, 1.54) is 0 Å². The van der Waals surface area contributed by atoms with E-state index in [0.717, 1.165) is 13.0 Å². The van der Waals surface area contributed by atoms with Gasteiger partial charge in [0.15, 0.2) is 5.82 Å². The van der Waals surface area contributed by atoms with Gasteiger partial charge >= 0.3 is 12.2 Å². The number of rotatable bonds is 4. The monoisotopic (exact) mass is 604 g/mol. The molecule has 3 aliphatic heterocycles. The zero-order valence-corrected chi connectivity index (χ0v) is 23.6. The minimum atomic E-state index is -5.05. The number of hydrogen-bond donors (Lipinski definition) is 2. The molecule has 0 aliphatic carbocycles. The summed E-state index contributed by atoms with van der Waals surface area (Å²) in [6, 6.07) is 2.25. The van der Waals surface area contributed by atoms with Crippen molar-refractivity contribution < 1.29 is 31.4 Å². The fourth-order valence-corrected chi connectivity index (χ4v) is 6.24. The second-order valence-electron chi connectivity index (χ2n) is 11.1. The SMILES string of the molecule is Cc1c(F)c(N)cc(-c2nc3c4c(nc(OC[C@H]5C(C#N)CCN5C)nc4c2F)N2CCNC[C@H]2[C@H](C)O3)c1C(F)(F)F. The van der Waals surface area contributed by atoms with Crippen LogP contribution in [0.1, 0.15) is 24.5 Å². The Hall–Kier alpha value is -4.03. The van der Waals surface area contributed by atoms with Crippen molar-refractivity contribution in [3.8, 4) is 29.2 Å². The smallest absolute Gasteiger partial charge is 0.417 e. The van der Waals surface area contributed by atoms with E-state index in [-0.39, 0.29) is 53.2 Å². The van der Waals surface area contributed by atoms with Gasteiger partial charge in [0.1, 0.15) is 40.9 Å². The Balaban J connectivity index is 1.58. The van der Waals surface area contributed by atoms with Crippen LogP contribution in [0.15, 0.2) is 6.07 Å².